The van der Waals surface area contributed by atoms with Gasteiger partial charge in [-0.1, -0.05) is 13.0 Å². The van der Waals surface area contributed by atoms with E-state index < -0.39 is 28.6 Å². The summed E-state index contributed by atoms with van der Waals surface area (Å²) in [6.45, 7) is 2.19. The fraction of sp³-hybridized carbons (Fsp3) is 0.192. The number of aromatic nitrogens is 2. The van der Waals surface area contributed by atoms with Crippen LogP contribution in [-0.4, -0.2) is 40.9 Å². The second kappa shape index (κ2) is 9.48. The first kappa shape index (κ1) is 24.1. The molecule has 2 aromatic heterocycles. The third-order valence-corrected chi connectivity index (χ3v) is 5.94. The SMILES string of the molecule is CC1(CO)CN=C(Nc2cc(F)c(Oc3ccnc4[nH]cc(-c5ccc(C#N)c(F)c5)c34)c(F)c2)OC1. The Labute approximate surface area is 209 Å². The first-order valence-electron chi connectivity index (χ1n) is 11.2. The van der Waals surface area contributed by atoms with Crippen molar-refractivity contribution in [2.24, 2.45) is 10.4 Å². The average molecular weight is 507 g/mol. The second-order valence-corrected chi connectivity index (χ2v) is 8.92. The van der Waals surface area contributed by atoms with Crippen LogP contribution in [0.4, 0.5) is 18.9 Å². The highest BCUT2D eigenvalue weighted by Gasteiger charge is 2.29. The van der Waals surface area contributed by atoms with E-state index in [2.05, 4.69) is 20.3 Å². The molecule has 3 heterocycles. The zero-order valence-corrected chi connectivity index (χ0v) is 19.5. The van der Waals surface area contributed by atoms with Gasteiger partial charge in [0.05, 0.1) is 24.1 Å². The standard InChI is InChI=1S/C26H20F3N5O3/c1-26(12-35)11-33-25(36-13-26)34-16-7-19(28)23(20(29)8-16)37-21-4-5-31-24-22(21)17(10-32-24)14-2-3-15(9-30)18(27)6-14/h2-8,10,35H,11-13H2,1H3,(H,31,32)(H,33,34). The molecule has 0 fully saturated rings. The Kier molecular flexibility index (Phi) is 6.19. The molecule has 0 saturated heterocycles. The first-order valence-corrected chi connectivity index (χ1v) is 11.2. The number of pyridine rings is 1. The topological polar surface area (TPSA) is 116 Å². The van der Waals surface area contributed by atoms with Crippen LogP contribution in [-0.2, 0) is 4.74 Å². The minimum atomic E-state index is -0.981. The normalized spacial score (nSPS) is 17.1. The molecule has 1 unspecified atom stereocenters. The minimum absolute atomic E-state index is 0.0592. The predicted octanol–water partition coefficient (Wildman–Crippen LogP) is 5.11. The molecule has 1 aliphatic heterocycles. The molecule has 0 bridgehead atoms. The van der Waals surface area contributed by atoms with Crippen molar-refractivity contribution < 1.29 is 27.8 Å². The van der Waals surface area contributed by atoms with Crippen molar-refractivity contribution in [1.29, 1.82) is 5.26 Å². The van der Waals surface area contributed by atoms with Gasteiger partial charge in [0.15, 0.2) is 17.4 Å². The third-order valence-electron chi connectivity index (χ3n) is 5.94. The van der Waals surface area contributed by atoms with Gasteiger partial charge in [-0.05, 0) is 23.8 Å². The van der Waals surface area contributed by atoms with Gasteiger partial charge in [-0.2, -0.15) is 5.26 Å². The number of ether oxygens (including phenoxy) is 2. The lowest BCUT2D eigenvalue weighted by Gasteiger charge is -2.30. The molecule has 8 nitrogen and oxygen atoms in total. The lowest BCUT2D eigenvalue weighted by atomic mass is 9.93. The van der Waals surface area contributed by atoms with E-state index in [4.69, 9.17) is 14.7 Å². The molecule has 3 N–H and O–H groups in total. The molecule has 0 saturated carbocycles. The molecule has 37 heavy (non-hydrogen) atoms. The van der Waals surface area contributed by atoms with Crippen molar-refractivity contribution >= 4 is 22.7 Å². The number of nitrogens with one attached hydrogen (secondary N) is 2. The number of rotatable bonds is 5. The highest BCUT2D eigenvalue weighted by molar-refractivity contribution is 5.98. The molecular formula is C26H20F3N5O3. The number of anilines is 1. The number of hydrogen-bond donors (Lipinski definition) is 3. The minimum Gasteiger partial charge on any atom is -0.464 e. The summed E-state index contributed by atoms with van der Waals surface area (Å²) >= 11 is 0. The van der Waals surface area contributed by atoms with Crippen LogP contribution in [0, 0.1) is 34.2 Å². The van der Waals surface area contributed by atoms with Crippen LogP contribution in [0.3, 0.4) is 0 Å². The molecular weight excluding hydrogens is 487 g/mol. The highest BCUT2D eigenvalue weighted by Crippen LogP contribution is 2.39. The number of amidine groups is 1. The summed E-state index contributed by atoms with van der Waals surface area (Å²) in [5, 5.41) is 21.5. The molecule has 0 spiro atoms. The summed E-state index contributed by atoms with van der Waals surface area (Å²) in [6, 6.07) is 9.46. The number of benzene rings is 2. The van der Waals surface area contributed by atoms with Crippen molar-refractivity contribution in [3.8, 4) is 28.7 Å². The molecule has 2 aromatic carbocycles. The van der Waals surface area contributed by atoms with E-state index in [0.717, 1.165) is 12.1 Å². The van der Waals surface area contributed by atoms with E-state index >= 15 is 0 Å². The maximum Gasteiger partial charge on any atom is 0.289 e. The highest BCUT2D eigenvalue weighted by atomic mass is 19.1. The molecule has 4 aromatic rings. The monoisotopic (exact) mass is 507 g/mol. The average Bonchev–Trinajstić information content (AvgIpc) is 3.33. The van der Waals surface area contributed by atoms with E-state index in [0.29, 0.717) is 22.2 Å². The van der Waals surface area contributed by atoms with Gasteiger partial charge in [0.2, 0.25) is 0 Å². The number of aliphatic imine (C=N–C) groups is 1. The Bertz CT molecular complexity index is 1560. The Balaban J connectivity index is 1.45. The van der Waals surface area contributed by atoms with Gasteiger partial charge >= 0.3 is 0 Å². The quantitative estimate of drug-likeness (QED) is 0.346. The summed E-state index contributed by atoms with van der Waals surface area (Å²) in [7, 11) is 0. The maximum absolute atomic E-state index is 15.0. The number of H-pyrrole nitrogens is 1. The Morgan fingerprint density at radius 3 is 2.62 bits per heavy atom. The van der Waals surface area contributed by atoms with Crippen LogP contribution in [0.2, 0.25) is 0 Å². The van der Waals surface area contributed by atoms with Crippen LogP contribution in [0.25, 0.3) is 22.2 Å². The number of nitriles is 1. The number of fused-ring (bicyclic) bond motifs is 1. The Morgan fingerprint density at radius 2 is 1.97 bits per heavy atom. The number of halogens is 3. The lowest BCUT2D eigenvalue weighted by Crippen LogP contribution is -2.38. The van der Waals surface area contributed by atoms with Gasteiger partial charge < -0.3 is 24.9 Å². The van der Waals surface area contributed by atoms with Crippen molar-refractivity contribution in [3.05, 3.63) is 71.8 Å². The van der Waals surface area contributed by atoms with E-state index in [1.54, 1.807) is 18.3 Å². The van der Waals surface area contributed by atoms with Crippen LogP contribution >= 0.6 is 0 Å². The number of aliphatic hydroxyl groups is 1. The fourth-order valence-electron chi connectivity index (χ4n) is 3.84. The van der Waals surface area contributed by atoms with Gasteiger partial charge in [0.25, 0.3) is 6.02 Å². The van der Waals surface area contributed by atoms with Crippen molar-refractivity contribution in [3.63, 3.8) is 0 Å². The summed E-state index contributed by atoms with van der Waals surface area (Å²) < 4.78 is 55.4. The van der Waals surface area contributed by atoms with Gasteiger partial charge in [-0.15, -0.1) is 0 Å². The van der Waals surface area contributed by atoms with Gasteiger partial charge in [0.1, 0.15) is 29.9 Å². The Morgan fingerprint density at radius 1 is 1.19 bits per heavy atom. The fourth-order valence-corrected chi connectivity index (χ4v) is 3.84. The second-order valence-electron chi connectivity index (χ2n) is 8.92. The maximum atomic E-state index is 15.0. The largest absolute Gasteiger partial charge is 0.464 e. The predicted molar refractivity (Wildman–Crippen MR) is 130 cm³/mol. The summed E-state index contributed by atoms with van der Waals surface area (Å²) in [4.78, 5) is 11.3. The molecule has 0 radical (unpaired) electrons. The first-order chi connectivity index (χ1) is 17.8. The molecule has 1 aliphatic rings. The molecule has 5 rings (SSSR count). The molecule has 11 heteroatoms. The van der Waals surface area contributed by atoms with Crippen molar-refractivity contribution in [1.82, 2.24) is 9.97 Å². The molecule has 0 aliphatic carbocycles. The van der Waals surface area contributed by atoms with E-state index in [1.165, 1.54) is 24.4 Å². The Hall–Kier alpha value is -4.56. The van der Waals surface area contributed by atoms with Gasteiger partial charge in [0, 0.05) is 41.2 Å². The van der Waals surface area contributed by atoms with Crippen molar-refractivity contribution in [2.75, 3.05) is 25.1 Å². The van der Waals surface area contributed by atoms with Crippen LogP contribution in [0.5, 0.6) is 11.5 Å². The zero-order valence-electron chi connectivity index (χ0n) is 19.5. The lowest BCUT2D eigenvalue weighted by molar-refractivity contribution is 0.0706. The van der Waals surface area contributed by atoms with Gasteiger partial charge in [-0.3, -0.25) is 0 Å². The third kappa shape index (κ3) is 4.66. The summed E-state index contributed by atoms with van der Waals surface area (Å²) in [5.41, 5.74) is 0.691. The van der Waals surface area contributed by atoms with Crippen LogP contribution in [0.1, 0.15) is 12.5 Å². The summed E-state index contributed by atoms with van der Waals surface area (Å²) in [5.74, 6) is -3.21. The van der Waals surface area contributed by atoms with E-state index in [-0.39, 0.29) is 42.8 Å². The summed E-state index contributed by atoms with van der Waals surface area (Å²) in [6.07, 6.45) is 2.97. The van der Waals surface area contributed by atoms with Crippen LogP contribution in [0.15, 0.2) is 53.8 Å². The van der Waals surface area contributed by atoms with Crippen molar-refractivity contribution in [2.45, 2.75) is 6.92 Å². The number of aromatic amines is 1. The van der Waals surface area contributed by atoms with E-state index in [9.17, 15) is 18.3 Å². The van der Waals surface area contributed by atoms with Gasteiger partial charge in [-0.25, -0.2) is 23.1 Å². The zero-order chi connectivity index (χ0) is 26.2. The van der Waals surface area contributed by atoms with Crippen LogP contribution < -0.4 is 10.1 Å². The molecule has 188 valence electrons. The molecule has 0 amide bonds. The smallest absolute Gasteiger partial charge is 0.289 e. The molecule has 1 atom stereocenters. The number of hydrogen-bond acceptors (Lipinski definition) is 7. The number of nitrogens with zero attached hydrogens (tertiary/aromatic N) is 3. The van der Waals surface area contributed by atoms with E-state index in [1.807, 2.05) is 6.92 Å². The number of aliphatic hydroxyl groups excluding tert-OH is 1.